The third kappa shape index (κ3) is 3.14. The van der Waals surface area contributed by atoms with Gasteiger partial charge in [0.25, 0.3) is 0 Å². The van der Waals surface area contributed by atoms with Gasteiger partial charge in [0.05, 0.1) is 13.1 Å². The van der Waals surface area contributed by atoms with Crippen molar-refractivity contribution >= 4 is 27.9 Å². The third-order valence-electron chi connectivity index (χ3n) is 4.96. The summed E-state index contributed by atoms with van der Waals surface area (Å²) >= 11 is 7.79. The molecule has 0 bridgehead atoms. The molecule has 3 atom stereocenters. The Bertz CT molecular complexity index is 906. The smallest absolute Gasteiger partial charge is 0.235 e. The quantitative estimate of drug-likeness (QED) is 0.738. The minimum atomic E-state index is 0.0512. The number of benzene rings is 1. The predicted octanol–water partition coefficient (Wildman–Crippen LogP) is 2.86. The first-order valence-corrected chi connectivity index (χ1v) is 9.87. The molecule has 0 spiro atoms. The van der Waals surface area contributed by atoms with Gasteiger partial charge in [0.1, 0.15) is 10.7 Å². The lowest BCUT2D eigenvalue weighted by atomic mass is 9.95. The van der Waals surface area contributed by atoms with Crippen LogP contribution < -0.4 is 4.90 Å². The summed E-state index contributed by atoms with van der Waals surface area (Å²) in [5, 5.41) is 15.9. The molecule has 1 aliphatic heterocycles. The molecule has 1 unspecified atom stereocenters. The van der Waals surface area contributed by atoms with E-state index in [1.165, 1.54) is 29.1 Å². The molecule has 5 nitrogen and oxygen atoms in total. The summed E-state index contributed by atoms with van der Waals surface area (Å²) in [6, 6.07) is 8.04. The number of nitrogens with one attached hydrogen (secondary N) is 1. The fraction of sp³-hybridized carbons (Fsp3) is 0.444. The van der Waals surface area contributed by atoms with Gasteiger partial charge >= 0.3 is 0 Å². The van der Waals surface area contributed by atoms with Crippen molar-refractivity contribution in [1.82, 2.24) is 14.6 Å². The molecule has 1 saturated heterocycles. The second-order valence-electron chi connectivity index (χ2n) is 6.99. The molecule has 3 aromatic rings. The van der Waals surface area contributed by atoms with Gasteiger partial charge < -0.3 is 10.0 Å². The number of likely N-dealkylation sites (tertiary alicyclic amines) is 1. The fourth-order valence-corrected chi connectivity index (χ4v) is 5.27. The van der Waals surface area contributed by atoms with Crippen molar-refractivity contribution in [1.29, 1.82) is 0 Å². The summed E-state index contributed by atoms with van der Waals surface area (Å²) in [5.41, 5.74) is 1.13. The lowest BCUT2D eigenvalue weighted by Crippen LogP contribution is -3.13. The van der Waals surface area contributed by atoms with Gasteiger partial charge in [0.15, 0.2) is 6.04 Å². The number of halogens is 1. The topological polar surface area (TPSA) is 54.9 Å². The number of thiazole rings is 1. The van der Waals surface area contributed by atoms with Crippen LogP contribution in [0.5, 0.6) is 5.88 Å². The average molecular weight is 378 g/mol. The van der Waals surface area contributed by atoms with Crippen molar-refractivity contribution in [3.8, 4) is 5.88 Å². The summed E-state index contributed by atoms with van der Waals surface area (Å²) in [6.07, 6.45) is 2.47. The SMILES string of the molecule is Cc1nc2sc([C@@H](c3cccc(Cl)c3)[NH+]3CCC[C@H](C)C3)c(O)n2n1. The number of piperidine rings is 1. The van der Waals surface area contributed by atoms with Crippen molar-refractivity contribution in [3.63, 3.8) is 0 Å². The molecular formula is C18H22ClN4OS+. The van der Waals surface area contributed by atoms with Gasteiger partial charge in [-0.05, 0) is 31.9 Å². The van der Waals surface area contributed by atoms with Gasteiger partial charge in [0.2, 0.25) is 10.8 Å². The molecule has 1 fully saturated rings. The lowest BCUT2D eigenvalue weighted by molar-refractivity contribution is -0.933. The van der Waals surface area contributed by atoms with E-state index in [4.69, 9.17) is 11.6 Å². The van der Waals surface area contributed by atoms with Gasteiger partial charge in [-0.1, -0.05) is 42.0 Å². The minimum Gasteiger partial charge on any atom is -0.492 e. The first-order valence-electron chi connectivity index (χ1n) is 8.68. The van der Waals surface area contributed by atoms with E-state index in [0.29, 0.717) is 11.7 Å². The maximum atomic E-state index is 10.8. The Morgan fingerprint density at radius 2 is 2.28 bits per heavy atom. The summed E-state index contributed by atoms with van der Waals surface area (Å²) in [6.45, 7) is 6.32. The fourth-order valence-electron chi connectivity index (χ4n) is 3.89. The molecule has 1 aliphatic rings. The molecule has 0 aliphatic carbocycles. The number of aromatic nitrogens is 3. The molecule has 132 valence electrons. The molecule has 1 aromatic carbocycles. The van der Waals surface area contributed by atoms with E-state index in [1.807, 2.05) is 25.1 Å². The molecular weight excluding hydrogens is 356 g/mol. The number of aryl methyl sites for hydroxylation is 1. The highest BCUT2D eigenvalue weighted by Gasteiger charge is 2.35. The van der Waals surface area contributed by atoms with Crippen molar-refractivity contribution in [2.45, 2.75) is 32.7 Å². The number of hydrogen-bond donors (Lipinski definition) is 2. The maximum Gasteiger partial charge on any atom is 0.235 e. The third-order valence-corrected chi connectivity index (χ3v) is 6.28. The zero-order chi connectivity index (χ0) is 17.6. The van der Waals surface area contributed by atoms with Crippen LogP contribution in [0.1, 0.15) is 42.1 Å². The number of aromatic hydroxyl groups is 1. The second kappa shape index (κ2) is 6.59. The number of quaternary nitrogens is 1. The van der Waals surface area contributed by atoms with Crippen LogP contribution in [0.4, 0.5) is 0 Å². The van der Waals surface area contributed by atoms with Crippen LogP contribution >= 0.6 is 22.9 Å². The largest absolute Gasteiger partial charge is 0.492 e. The van der Waals surface area contributed by atoms with Gasteiger partial charge in [-0.15, -0.1) is 5.10 Å². The predicted molar refractivity (Wildman–Crippen MR) is 99.7 cm³/mol. The van der Waals surface area contributed by atoms with E-state index < -0.39 is 0 Å². The zero-order valence-corrected chi connectivity index (χ0v) is 15.9. The van der Waals surface area contributed by atoms with Crippen LogP contribution in [0, 0.1) is 12.8 Å². The number of rotatable bonds is 3. The Kier molecular flexibility index (Phi) is 4.43. The van der Waals surface area contributed by atoms with E-state index in [1.54, 1.807) is 4.52 Å². The summed E-state index contributed by atoms with van der Waals surface area (Å²) < 4.78 is 1.56. The Balaban J connectivity index is 1.83. The number of fused-ring (bicyclic) bond motifs is 1. The van der Waals surface area contributed by atoms with Crippen molar-refractivity contribution in [3.05, 3.63) is 45.6 Å². The number of nitrogens with zero attached hydrogens (tertiary/aromatic N) is 3. The second-order valence-corrected chi connectivity index (χ2v) is 8.44. The number of hydrogen-bond acceptors (Lipinski definition) is 4. The van der Waals surface area contributed by atoms with Crippen LogP contribution in [-0.2, 0) is 0 Å². The van der Waals surface area contributed by atoms with Crippen LogP contribution in [0.25, 0.3) is 4.96 Å². The standard InChI is InChI=1S/C18H21ClN4OS/c1-11-5-4-8-22(10-11)15(13-6-3-7-14(19)9-13)16-17(24)23-18(25-16)20-12(2)21-23/h3,6-7,9,11,15,24H,4-5,8,10H2,1-2H3/p+1/t11-,15+/m0/s1. The van der Waals surface area contributed by atoms with E-state index in [9.17, 15) is 5.11 Å². The van der Waals surface area contributed by atoms with Gasteiger partial charge in [-0.3, -0.25) is 0 Å². The normalized spacial score (nSPS) is 22.4. The highest BCUT2D eigenvalue weighted by Crippen LogP contribution is 2.35. The van der Waals surface area contributed by atoms with Crippen molar-refractivity contribution in [2.24, 2.45) is 5.92 Å². The highest BCUT2D eigenvalue weighted by molar-refractivity contribution is 7.17. The average Bonchev–Trinajstić information content (AvgIpc) is 3.06. The highest BCUT2D eigenvalue weighted by atomic mass is 35.5. The van der Waals surface area contributed by atoms with Crippen LogP contribution in [-0.4, -0.2) is 32.8 Å². The van der Waals surface area contributed by atoms with E-state index in [-0.39, 0.29) is 11.9 Å². The molecule has 0 amide bonds. The van der Waals surface area contributed by atoms with Gasteiger partial charge in [-0.2, -0.15) is 4.52 Å². The first-order chi connectivity index (χ1) is 12.0. The van der Waals surface area contributed by atoms with Crippen LogP contribution in [0.2, 0.25) is 5.02 Å². The van der Waals surface area contributed by atoms with E-state index in [2.05, 4.69) is 23.1 Å². The van der Waals surface area contributed by atoms with Gasteiger partial charge in [-0.25, -0.2) is 4.98 Å². The van der Waals surface area contributed by atoms with Crippen LogP contribution in [0.15, 0.2) is 24.3 Å². The molecule has 7 heteroatoms. The Hall–Kier alpha value is -1.63. The van der Waals surface area contributed by atoms with E-state index in [0.717, 1.165) is 33.5 Å². The monoisotopic (exact) mass is 377 g/mol. The summed E-state index contributed by atoms with van der Waals surface area (Å²) in [7, 11) is 0. The van der Waals surface area contributed by atoms with Crippen molar-refractivity contribution < 1.29 is 10.0 Å². The van der Waals surface area contributed by atoms with E-state index >= 15 is 0 Å². The molecule has 0 radical (unpaired) electrons. The first kappa shape index (κ1) is 16.8. The maximum absolute atomic E-state index is 10.8. The Labute approximate surface area is 155 Å². The molecule has 3 heterocycles. The molecule has 4 rings (SSSR count). The van der Waals surface area contributed by atoms with Crippen molar-refractivity contribution in [2.75, 3.05) is 13.1 Å². The zero-order valence-electron chi connectivity index (χ0n) is 14.4. The van der Waals surface area contributed by atoms with Gasteiger partial charge in [0, 0.05) is 16.5 Å². The van der Waals surface area contributed by atoms with Crippen LogP contribution in [0.3, 0.4) is 0 Å². The Morgan fingerprint density at radius 3 is 3.00 bits per heavy atom. The molecule has 2 N–H and O–H groups in total. The summed E-state index contributed by atoms with van der Waals surface area (Å²) in [4.78, 5) is 7.55. The minimum absolute atomic E-state index is 0.0512. The molecule has 0 saturated carbocycles. The molecule has 2 aromatic heterocycles. The lowest BCUT2D eigenvalue weighted by Gasteiger charge is -2.34. The summed E-state index contributed by atoms with van der Waals surface area (Å²) in [5.74, 6) is 1.56. The Morgan fingerprint density at radius 1 is 1.44 bits per heavy atom. The molecule has 25 heavy (non-hydrogen) atoms.